The molecule has 7 heteroatoms. The highest BCUT2D eigenvalue weighted by atomic mass is 16.4. The summed E-state index contributed by atoms with van der Waals surface area (Å²) in [5.74, 6) is -1.90. The first-order chi connectivity index (χ1) is 15.8. The molecule has 33 heavy (non-hydrogen) atoms. The summed E-state index contributed by atoms with van der Waals surface area (Å²) in [4.78, 5) is 28.4. The Bertz CT molecular complexity index is 1180. The van der Waals surface area contributed by atoms with Crippen LogP contribution in [-0.4, -0.2) is 69.2 Å². The van der Waals surface area contributed by atoms with Crippen molar-refractivity contribution in [3.05, 3.63) is 83.6 Å². The molecule has 1 aliphatic rings. The van der Waals surface area contributed by atoms with Gasteiger partial charge in [0.05, 0.1) is 5.56 Å². The highest BCUT2D eigenvalue weighted by Gasteiger charge is 2.33. The van der Waals surface area contributed by atoms with E-state index in [1.165, 1.54) is 0 Å². The minimum absolute atomic E-state index is 0.182. The van der Waals surface area contributed by atoms with Crippen LogP contribution in [-0.2, 0) is 11.3 Å². The lowest BCUT2D eigenvalue weighted by Gasteiger charge is -2.37. The van der Waals surface area contributed by atoms with E-state index in [1.807, 2.05) is 52.9 Å². The lowest BCUT2D eigenvalue weighted by Crippen LogP contribution is -2.49. The van der Waals surface area contributed by atoms with Crippen LogP contribution in [0.4, 0.5) is 0 Å². The predicted molar refractivity (Wildman–Crippen MR) is 128 cm³/mol. The van der Waals surface area contributed by atoms with E-state index in [4.69, 9.17) is 0 Å². The van der Waals surface area contributed by atoms with E-state index in [0.29, 0.717) is 25.2 Å². The highest BCUT2D eigenvalue weighted by Crippen LogP contribution is 2.32. The maximum Gasteiger partial charge on any atom is 0.335 e. The van der Waals surface area contributed by atoms with E-state index in [-0.39, 0.29) is 5.56 Å². The number of carboxylic acid groups (broad SMARTS) is 2. The molecular weight excluding hydrogens is 418 g/mol. The molecular formula is C26H29N3O4. The fourth-order valence-corrected chi connectivity index (χ4v) is 4.63. The maximum atomic E-state index is 12.5. The topological polar surface area (TPSA) is 86.0 Å². The number of hydrogen-bond acceptors (Lipinski definition) is 4. The van der Waals surface area contributed by atoms with Gasteiger partial charge in [0.15, 0.2) is 0 Å². The van der Waals surface area contributed by atoms with Crippen LogP contribution in [0.1, 0.15) is 34.5 Å². The van der Waals surface area contributed by atoms with Crippen molar-refractivity contribution in [2.24, 2.45) is 0 Å². The summed E-state index contributed by atoms with van der Waals surface area (Å²) in [5, 5.41) is 20.5. The lowest BCUT2D eigenvalue weighted by atomic mass is 10.0. The van der Waals surface area contributed by atoms with Crippen LogP contribution < -0.4 is 0 Å². The molecule has 172 valence electrons. The SMILES string of the molecule is C=C(C)CN1CCN([C@H](C(=O)O)c2cn(Cc3ccccc3)c3cc(C(=O)O)ccc23)CC1. The number of fused-ring (bicyclic) bond motifs is 1. The molecule has 0 radical (unpaired) electrons. The zero-order valence-electron chi connectivity index (χ0n) is 18.8. The number of carboxylic acids is 2. The van der Waals surface area contributed by atoms with Crippen molar-refractivity contribution in [2.45, 2.75) is 19.5 Å². The van der Waals surface area contributed by atoms with Gasteiger partial charge in [-0.2, -0.15) is 0 Å². The van der Waals surface area contributed by atoms with E-state index in [2.05, 4.69) is 11.5 Å². The zero-order chi connectivity index (χ0) is 23.5. The van der Waals surface area contributed by atoms with Crippen molar-refractivity contribution >= 4 is 22.8 Å². The first kappa shape index (κ1) is 22.8. The number of aliphatic carboxylic acids is 1. The Kier molecular flexibility index (Phi) is 6.62. The Balaban J connectivity index is 1.72. The van der Waals surface area contributed by atoms with Crippen LogP contribution in [0.5, 0.6) is 0 Å². The van der Waals surface area contributed by atoms with Gasteiger partial charge in [-0.05, 0) is 24.6 Å². The summed E-state index contributed by atoms with van der Waals surface area (Å²) in [5.41, 5.74) is 3.75. The predicted octanol–water partition coefficient (Wildman–Crippen LogP) is 3.71. The largest absolute Gasteiger partial charge is 0.480 e. The Morgan fingerprint density at radius 2 is 1.73 bits per heavy atom. The minimum atomic E-state index is -1.01. The number of nitrogens with zero attached hydrogens (tertiary/aromatic N) is 3. The lowest BCUT2D eigenvalue weighted by molar-refractivity contribution is -0.144. The molecule has 1 aromatic heterocycles. The van der Waals surface area contributed by atoms with Gasteiger partial charge < -0.3 is 14.8 Å². The number of aromatic nitrogens is 1. The van der Waals surface area contributed by atoms with Crippen LogP contribution in [0.25, 0.3) is 10.9 Å². The van der Waals surface area contributed by atoms with E-state index < -0.39 is 18.0 Å². The molecule has 2 aromatic carbocycles. The van der Waals surface area contributed by atoms with E-state index in [9.17, 15) is 19.8 Å². The van der Waals surface area contributed by atoms with Gasteiger partial charge >= 0.3 is 11.9 Å². The molecule has 0 saturated carbocycles. The van der Waals surface area contributed by atoms with Crippen LogP contribution in [0.3, 0.4) is 0 Å². The second-order valence-corrected chi connectivity index (χ2v) is 8.75. The third kappa shape index (κ3) is 4.99. The van der Waals surface area contributed by atoms with Gasteiger partial charge in [-0.1, -0.05) is 48.6 Å². The molecule has 2 N–H and O–H groups in total. The van der Waals surface area contributed by atoms with E-state index >= 15 is 0 Å². The zero-order valence-corrected chi connectivity index (χ0v) is 18.8. The van der Waals surface area contributed by atoms with Crippen LogP contribution in [0, 0.1) is 0 Å². The molecule has 0 amide bonds. The molecule has 0 aliphatic carbocycles. The Labute approximate surface area is 193 Å². The summed E-state index contributed by atoms with van der Waals surface area (Å²) in [7, 11) is 0. The highest BCUT2D eigenvalue weighted by molar-refractivity contribution is 5.96. The third-order valence-corrected chi connectivity index (χ3v) is 6.15. The van der Waals surface area contributed by atoms with E-state index in [0.717, 1.165) is 41.7 Å². The molecule has 0 bridgehead atoms. The smallest absolute Gasteiger partial charge is 0.335 e. The number of hydrogen-bond donors (Lipinski definition) is 2. The molecule has 4 rings (SSSR count). The summed E-state index contributed by atoms with van der Waals surface area (Å²) in [6.07, 6.45) is 1.88. The van der Waals surface area contributed by atoms with Crippen LogP contribution >= 0.6 is 0 Å². The number of aromatic carboxylic acids is 1. The van der Waals surface area contributed by atoms with E-state index in [1.54, 1.807) is 18.2 Å². The van der Waals surface area contributed by atoms with Gasteiger partial charge in [0.1, 0.15) is 6.04 Å². The monoisotopic (exact) mass is 447 g/mol. The van der Waals surface area contributed by atoms with Crippen LogP contribution in [0.15, 0.2) is 66.9 Å². The molecule has 1 fully saturated rings. The summed E-state index contributed by atoms with van der Waals surface area (Å²) < 4.78 is 1.96. The van der Waals surface area contributed by atoms with Crippen molar-refractivity contribution in [1.29, 1.82) is 0 Å². The maximum absolute atomic E-state index is 12.5. The quantitative estimate of drug-likeness (QED) is 0.512. The molecule has 1 saturated heterocycles. The minimum Gasteiger partial charge on any atom is -0.480 e. The van der Waals surface area contributed by atoms with Gasteiger partial charge in [0.25, 0.3) is 0 Å². The van der Waals surface area contributed by atoms with Crippen molar-refractivity contribution in [2.75, 3.05) is 32.7 Å². The number of carbonyl (C=O) groups is 2. The fraction of sp³-hybridized carbons (Fsp3) is 0.308. The number of benzene rings is 2. The fourth-order valence-electron chi connectivity index (χ4n) is 4.63. The van der Waals surface area contributed by atoms with Gasteiger partial charge in [-0.15, -0.1) is 0 Å². The second-order valence-electron chi connectivity index (χ2n) is 8.75. The normalized spacial score (nSPS) is 16.0. The van der Waals surface area contributed by atoms with Gasteiger partial charge in [0, 0.05) is 61.9 Å². The van der Waals surface area contributed by atoms with Gasteiger partial charge in [-0.3, -0.25) is 14.6 Å². The molecule has 2 heterocycles. The number of piperazine rings is 1. The summed E-state index contributed by atoms with van der Waals surface area (Å²) in [6, 6.07) is 14.0. The van der Waals surface area contributed by atoms with Crippen LogP contribution in [0.2, 0.25) is 0 Å². The van der Waals surface area contributed by atoms with Crippen molar-refractivity contribution in [3.8, 4) is 0 Å². The first-order valence-corrected chi connectivity index (χ1v) is 11.1. The Morgan fingerprint density at radius 3 is 2.33 bits per heavy atom. The van der Waals surface area contributed by atoms with Gasteiger partial charge in [-0.25, -0.2) is 4.79 Å². The number of rotatable bonds is 8. The average molecular weight is 448 g/mol. The third-order valence-electron chi connectivity index (χ3n) is 6.15. The summed E-state index contributed by atoms with van der Waals surface area (Å²) >= 11 is 0. The standard InChI is InChI=1S/C26H29N3O4/c1-18(2)15-27-10-12-28(13-11-27)24(26(32)33)22-17-29(16-19-6-4-3-5-7-19)23-14-20(25(30)31)8-9-21(22)23/h3-9,14,17,24H,1,10-13,15-16H2,2H3,(H,30,31)(H,32,33)/t24-/m0/s1. The Hall–Kier alpha value is -3.42. The molecule has 1 atom stereocenters. The van der Waals surface area contributed by atoms with Crippen molar-refractivity contribution in [3.63, 3.8) is 0 Å². The summed E-state index contributed by atoms with van der Waals surface area (Å²) in [6.45, 7) is 10.2. The molecule has 7 nitrogen and oxygen atoms in total. The first-order valence-electron chi connectivity index (χ1n) is 11.1. The molecule has 1 aliphatic heterocycles. The van der Waals surface area contributed by atoms with Crippen molar-refractivity contribution in [1.82, 2.24) is 14.4 Å². The molecule has 0 unspecified atom stereocenters. The molecule has 3 aromatic rings. The average Bonchev–Trinajstić information content (AvgIpc) is 3.12. The Morgan fingerprint density at radius 1 is 1.03 bits per heavy atom. The molecule has 0 spiro atoms. The second kappa shape index (κ2) is 9.60. The van der Waals surface area contributed by atoms with Crippen molar-refractivity contribution < 1.29 is 19.8 Å². The van der Waals surface area contributed by atoms with Gasteiger partial charge in [0.2, 0.25) is 0 Å².